The van der Waals surface area contributed by atoms with Gasteiger partial charge in [0.15, 0.2) is 17.8 Å². The normalized spacial score (nSPS) is 23.7. The summed E-state index contributed by atoms with van der Waals surface area (Å²) in [5, 5.41) is 3.45. The Labute approximate surface area is 189 Å². The van der Waals surface area contributed by atoms with Gasteiger partial charge >= 0.3 is 0 Å². The van der Waals surface area contributed by atoms with Gasteiger partial charge in [-0.3, -0.25) is 9.78 Å². The van der Waals surface area contributed by atoms with Crippen LogP contribution in [0.3, 0.4) is 0 Å². The summed E-state index contributed by atoms with van der Waals surface area (Å²) < 4.78 is 39.3. The van der Waals surface area contributed by atoms with E-state index in [9.17, 15) is 9.18 Å². The molecule has 1 atom stereocenters. The van der Waals surface area contributed by atoms with Crippen molar-refractivity contribution in [1.82, 2.24) is 14.9 Å². The average Bonchev–Trinajstić information content (AvgIpc) is 3.23. The molecule has 5 heterocycles. The number of hydrogen-bond acceptors (Lipinski definition) is 7. The lowest BCUT2D eigenvalue weighted by molar-refractivity contribution is -0.194. The molecule has 1 fully saturated rings. The lowest BCUT2D eigenvalue weighted by Gasteiger charge is -2.31. The molecular formula is C24H24FN3O5. The Morgan fingerprint density at radius 2 is 1.91 bits per heavy atom. The molecule has 6 rings (SSSR count). The smallest absolute Gasteiger partial charge is 0.251 e. The number of ether oxygens (including phenoxy) is 4. The second kappa shape index (κ2) is 8.40. The molecule has 0 aliphatic carbocycles. The minimum absolute atomic E-state index is 0.0437. The van der Waals surface area contributed by atoms with E-state index < -0.39 is 6.29 Å². The monoisotopic (exact) mass is 453 g/mol. The van der Waals surface area contributed by atoms with E-state index in [-0.39, 0.29) is 23.3 Å². The largest absolute Gasteiger partial charge is 0.486 e. The Kier molecular flexibility index (Phi) is 5.24. The molecule has 0 saturated carbocycles. The SMILES string of the molecule is O=c1ccc2ncc(F)c3c2n1CC3CC1OCC(NCc2ccc3c(c2)OCCO3)CO1. The number of benzene rings is 1. The predicted octanol–water partition coefficient (Wildman–Crippen LogP) is 2.33. The summed E-state index contributed by atoms with van der Waals surface area (Å²) in [5.41, 5.74) is 2.69. The van der Waals surface area contributed by atoms with Crippen LogP contribution in [0.2, 0.25) is 0 Å². The Morgan fingerprint density at radius 1 is 1.09 bits per heavy atom. The summed E-state index contributed by atoms with van der Waals surface area (Å²) in [7, 11) is 0. The maximum Gasteiger partial charge on any atom is 0.251 e. The Morgan fingerprint density at radius 3 is 2.76 bits per heavy atom. The van der Waals surface area contributed by atoms with Crippen molar-refractivity contribution in [3.8, 4) is 11.5 Å². The van der Waals surface area contributed by atoms with Crippen LogP contribution in [0.25, 0.3) is 11.0 Å². The lowest BCUT2D eigenvalue weighted by atomic mass is 9.97. The van der Waals surface area contributed by atoms with E-state index in [1.165, 1.54) is 12.3 Å². The van der Waals surface area contributed by atoms with Crippen LogP contribution in [0, 0.1) is 5.82 Å². The topological polar surface area (TPSA) is 83.8 Å². The first-order valence-electron chi connectivity index (χ1n) is 11.2. The Hall–Kier alpha value is -3.01. The average molecular weight is 453 g/mol. The Bertz CT molecular complexity index is 1250. The van der Waals surface area contributed by atoms with Crippen molar-refractivity contribution in [3.63, 3.8) is 0 Å². The van der Waals surface area contributed by atoms with Gasteiger partial charge in [0.25, 0.3) is 5.56 Å². The van der Waals surface area contributed by atoms with Gasteiger partial charge in [-0.05, 0) is 23.8 Å². The first-order valence-corrected chi connectivity index (χ1v) is 11.2. The third-order valence-electron chi connectivity index (χ3n) is 6.45. The molecular weight excluding hydrogens is 429 g/mol. The van der Waals surface area contributed by atoms with Crippen molar-refractivity contribution in [2.45, 2.75) is 37.8 Å². The zero-order valence-electron chi connectivity index (χ0n) is 18.0. The fourth-order valence-corrected chi connectivity index (χ4v) is 4.83. The third kappa shape index (κ3) is 3.86. The van der Waals surface area contributed by atoms with Gasteiger partial charge < -0.3 is 28.8 Å². The van der Waals surface area contributed by atoms with Gasteiger partial charge in [-0.15, -0.1) is 0 Å². The minimum Gasteiger partial charge on any atom is -0.486 e. The first kappa shape index (κ1) is 20.6. The molecule has 1 N–H and O–H groups in total. The molecule has 3 aromatic rings. The van der Waals surface area contributed by atoms with Crippen LogP contribution in [0.5, 0.6) is 11.5 Å². The van der Waals surface area contributed by atoms with E-state index in [0.29, 0.717) is 62.5 Å². The molecule has 1 aromatic carbocycles. The molecule has 3 aliphatic rings. The first-order chi connectivity index (χ1) is 16.2. The van der Waals surface area contributed by atoms with Gasteiger partial charge in [0.1, 0.15) is 19.0 Å². The van der Waals surface area contributed by atoms with Crippen LogP contribution in [-0.2, 0) is 22.6 Å². The van der Waals surface area contributed by atoms with E-state index in [2.05, 4.69) is 10.3 Å². The molecule has 0 spiro atoms. The lowest BCUT2D eigenvalue weighted by Crippen LogP contribution is -2.44. The fourth-order valence-electron chi connectivity index (χ4n) is 4.83. The number of aromatic nitrogens is 2. The summed E-state index contributed by atoms with van der Waals surface area (Å²) in [5.74, 6) is 0.958. The Balaban J connectivity index is 1.06. The molecule has 0 radical (unpaired) electrons. The highest BCUT2D eigenvalue weighted by atomic mass is 19.1. The molecule has 3 aliphatic heterocycles. The van der Waals surface area contributed by atoms with Crippen molar-refractivity contribution in [2.75, 3.05) is 26.4 Å². The summed E-state index contributed by atoms with van der Waals surface area (Å²) >= 11 is 0. The summed E-state index contributed by atoms with van der Waals surface area (Å²) in [6.07, 6.45) is 1.26. The van der Waals surface area contributed by atoms with Gasteiger partial charge in [0.2, 0.25) is 0 Å². The second-order valence-electron chi connectivity index (χ2n) is 8.62. The minimum atomic E-state index is -0.449. The van der Waals surface area contributed by atoms with Gasteiger partial charge in [-0.25, -0.2) is 4.39 Å². The van der Waals surface area contributed by atoms with Crippen LogP contribution in [0.15, 0.2) is 41.3 Å². The molecule has 0 bridgehead atoms. The molecule has 33 heavy (non-hydrogen) atoms. The summed E-state index contributed by atoms with van der Waals surface area (Å²) in [6.45, 7) is 3.17. The van der Waals surface area contributed by atoms with Crippen LogP contribution in [0.4, 0.5) is 4.39 Å². The maximum absolute atomic E-state index is 14.6. The zero-order chi connectivity index (χ0) is 22.4. The van der Waals surface area contributed by atoms with Crippen molar-refractivity contribution >= 4 is 11.0 Å². The van der Waals surface area contributed by atoms with Crippen LogP contribution in [-0.4, -0.2) is 48.3 Å². The van der Waals surface area contributed by atoms with E-state index in [1.807, 2.05) is 18.2 Å². The van der Waals surface area contributed by atoms with E-state index in [0.717, 1.165) is 17.1 Å². The van der Waals surface area contributed by atoms with Crippen LogP contribution >= 0.6 is 0 Å². The summed E-state index contributed by atoms with van der Waals surface area (Å²) in [6, 6.07) is 9.09. The van der Waals surface area contributed by atoms with Gasteiger partial charge in [0, 0.05) is 37.1 Å². The van der Waals surface area contributed by atoms with Gasteiger partial charge in [0.05, 0.1) is 36.5 Å². The maximum atomic E-state index is 14.6. The molecule has 9 heteroatoms. The van der Waals surface area contributed by atoms with E-state index in [4.69, 9.17) is 18.9 Å². The highest BCUT2D eigenvalue weighted by Crippen LogP contribution is 2.37. The molecule has 0 amide bonds. The number of halogens is 1. The third-order valence-corrected chi connectivity index (χ3v) is 6.45. The van der Waals surface area contributed by atoms with E-state index in [1.54, 1.807) is 10.6 Å². The quantitative estimate of drug-likeness (QED) is 0.635. The molecule has 172 valence electrons. The fraction of sp³-hybridized carbons (Fsp3) is 0.417. The van der Waals surface area contributed by atoms with E-state index >= 15 is 0 Å². The standard InChI is InChI=1S/C24H24FN3O5/c25-17-10-27-18-2-4-21(29)28-11-15(23(17)24(18)28)8-22-32-12-16(13-33-22)26-9-14-1-3-19-20(7-14)31-6-5-30-19/h1-4,7,10,15-16,22,26H,5-6,8-9,11-13H2. The highest BCUT2D eigenvalue weighted by molar-refractivity contribution is 5.80. The number of hydrogen-bond donors (Lipinski definition) is 1. The predicted molar refractivity (Wildman–Crippen MR) is 117 cm³/mol. The number of nitrogens with one attached hydrogen (secondary N) is 1. The van der Waals surface area contributed by atoms with Crippen molar-refractivity contribution in [1.29, 1.82) is 0 Å². The molecule has 1 unspecified atom stereocenters. The molecule has 1 saturated heterocycles. The van der Waals surface area contributed by atoms with Crippen molar-refractivity contribution in [3.05, 3.63) is 63.8 Å². The van der Waals surface area contributed by atoms with Crippen molar-refractivity contribution in [2.24, 2.45) is 0 Å². The van der Waals surface area contributed by atoms with Crippen LogP contribution < -0.4 is 20.3 Å². The van der Waals surface area contributed by atoms with Gasteiger partial charge in [-0.2, -0.15) is 0 Å². The van der Waals surface area contributed by atoms with Gasteiger partial charge in [-0.1, -0.05) is 6.07 Å². The summed E-state index contributed by atoms with van der Waals surface area (Å²) in [4.78, 5) is 16.4. The molecule has 2 aromatic heterocycles. The zero-order valence-corrected chi connectivity index (χ0v) is 18.0. The highest BCUT2D eigenvalue weighted by Gasteiger charge is 2.33. The number of nitrogens with zero attached hydrogens (tertiary/aromatic N) is 2. The number of rotatable bonds is 5. The molecule has 8 nitrogen and oxygen atoms in total. The second-order valence-corrected chi connectivity index (χ2v) is 8.62. The van der Waals surface area contributed by atoms with Crippen LogP contribution in [0.1, 0.15) is 23.5 Å². The number of fused-ring (bicyclic) bond motifs is 1. The number of pyridine rings is 2. The van der Waals surface area contributed by atoms with Crippen molar-refractivity contribution < 1.29 is 23.3 Å².